The molecule has 2 aromatic carbocycles. The SMILES string of the molecule is Nc1[nH]c(C(=O)c2ccccc2)c(-c2ccccc2Br)c1C(=O)NC1CCCCC1. The minimum atomic E-state index is -0.242. The molecule has 1 aliphatic carbocycles. The normalized spacial score (nSPS) is 14.4. The molecule has 0 unspecified atom stereocenters. The Bertz CT molecular complexity index is 1070. The number of aromatic amines is 1. The molecule has 1 amide bonds. The van der Waals surface area contributed by atoms with Crippen LogP contribution < -0.4 is 11.1 Å². The molecule has 0 bridgehead atoms. The van der Waals surface area contributed by atoms with E-state index in [9.17, 15) is 9.59 Å². The molecule has 0 atom stereocenters. The lowest BCUT2D eigenvalue weighted by atomic mass is 9.94. The number of nitrogens with one attached hydrogen (secondary N) is 2. The Morgan fingerprint density at radius 3 is 2.33 bits per heavy atom. The molecular formula is C24H24BrN3O2. The van der Waals surface area contributed by atoms with Crippen LogP contribution in [0.25, 0.3) is 11.1 Å². The molecule has 1 aromatic heterocycles. The minimum absolute atomic E-state index is 0.140. The van der Waals surface area contributed by atoms with Crippen LogP contribution in [0, 0.1) is 0 Å². The summed E-state index contributed by atoms with van der Waals surface area (Å²) in [6, 6.07) is 16.7. The highest BCUT2D eigenvalue weighted by atomic mass is 79.9. The summed E-state index contributed by atoms with van der Waals surface area (Å²) in [5.41, 5.74) is 8.72. The molecule has 154 valence electrons. The van der Waals surface area contributed by atoms with Gasteiger partial charge in [0, 0.05) is 21.6 Å². The molecule has 4 rings (SSSR count). The van der Waals surface area contributed by atoms with E-state index in [1.54, 1.807) is 12.1 Å². The molecule has 5 nitrogen and oxygen atoms in total. The maximum Gasteiger partial charge on any atom is 0.255 e. The highest BCUT2D eigenvalue weighted by Gasteiger charge is 2.29. The van der Waals surface area contributed by atoms with E-state index in [0.29, 0.717) is 22.4 Å². The molecule has 0 spiro atoms. The summed E-state index contributed by atoms with van der Waals surface area (Å²) in [6.45, 7) is 0. The van der Waals surface area contributed by atoms with Crippen molar-refractivity contribution in [2.75, 3.05) is 5.73 Å². The molecule has 0 saturated heterocycles. The van der Waals surface area contributed by atoms with E-state index in [2.05, 4.69) is 26.2 Å². The fraction of sp³-hybridized carbons (Fsp3) is 0.250. The molecule has 30 heavy (non-hydrogen) atoms. The highest BCUT2D eigenvalue weighted by Crippen LogP contribution is 2.37. The minimum Gasteiger partial charge on any atom is -0.385 e. The van der Waals surface area contributed by atoms with Gasteiger partial charge in [-0.3, -0.25) is 9.59 Å². The molecule has 1 aliphatic rings. The highest BCUT2D eigenvalue weighted by molar-refractivity contribution is 9.10. The van der Waals surface area contributed by atoms with E-state index >= 15 is 0 Å². The van der Waals surface area contributed by atoms with E-state index in [0.717, 1.165) is 35.7 Å². The zero-order valence-corrected chi connectivity index (χ0v) is 18.2. The van der Waals surface area contributed by atoms with E-state index in [1.807, 2.05) is 42.5 Å². The van der Waals surface area contributed by atoms with Crippen molar-refractivity contribution < 1.29 is 9.59 Å². The van der Waals surface area contributed by atoms with Gasteiger partial charge < -0.3 is 16.0 Å². The van der Waals surface area contributed by atoms with Gasteiger partial charge in [0.1, 0.15) is 5.82 Å². The van der Waals surface area contributed by atoms with Crippen molar-refractivity contribution in [3.05, 3.63) is 75.9 Å². The van der Waals surface area contributed by atoms with Gasteiger partial charge in [-0.25, -0.2) is 0 Å². The van der Waals surface area contributed by atoms with Gasteiger partial charge in [-0.05, 0) is 24.5 Å². The van der Waals surface area contributed by atoms with Gasteiger partial charge in [-0.1, -0.05) is 83.7 Å². The lowest BCUT2D eigenvalue weighted by Gasteiger charge is -2.23. The maximum atomic E-state index is 13.3. The second-order valence-corrected chi connectivity index (χ2v) is 8.50. The zero-order valence-electron chi connectivity index (χ0n) is 16.6. The van der Waals surface area contributed by atoms with E-state index in [1.165, 1.54) is 6.42 Å². The summed E-state index contributed by atoms with van der Waals surface area (Å²) in [6.07, 6.45) is 5.37. The van der Waals surface area contributed by atoms with Crippen LogP contribution in [0.1, 0.15) is 58.5 Å². The van der Waals surface area contributed by atoms with Crippen molar-refractivity contribution in [3.63, 3.8) is 0 Å². The summed E-state index contributed by atoms with van der Waals surface area (Å²) in [7, 11) is 0. The Kier molecular flexibility index (Phi) is 6.04. The van der Waals surface area contributed by atoms with Crippen LogP contribution in [0.3, 0.4) is 0 Å². The predicted octanol–water partition coefficient (Wildman–Crippen LogP) is 5.32. The standard InChI is InChI=1S/C24H24BrN3O2/c25-18-14-8-7-13-17(18)19-20(24(30)27-16-11-5-2-6-12-16)23(26)28-21(19)22(29)15-9-3-1-4-10-15/h1,3-4,7-10,13-14,16,28H,2,5-6,11-12,26H2,(H,27,30). The van der Waals surface area contributed by atoms with Crippen LogP contribution in [0.5, 0.6) is 0 Å². The van der Waals surface area contributed by atoms with Crippen molar-refractivity contribution in [1.82, 2.24) is 10.3 Å². The van der Waals surface area contributed by atoms with Crippen LogP contribution in [-0.4, -0.2) is 22.7 Å². The molecule has 4 N–H and O–H groups in total. The Hall–Kier alpha value is -2.86. The molecule has 0 radical (unpaired) electrons. The van der Waals surface area contributed by atoms with Gasteiger partial charge in [0.15, 0.2) is 0 Å². The molecule has 1 heterocycles. The van der Waals surface area contributed by atoms with Gasteiger partial charge in [0.2, 0.25) is 5.78 Å². The number of benzene rings is 2. The number of anilines is 1. The second kappa shape index (κ2) is 8.88. The number of ketones is 1. The molecule has 0 aliphatic heterocycles. The maximum absolute atomic E-state index is 13.3. The Morgan fingerprint density at radius 1 is 0.967 bits per heavy atom. The third kappa shape index (κ3) is 4.05. The number of rotatable bonds is 5. The van der Waals surface area contributed by atoms with Gasteiger partial charge in [0.25, 0.3) is 5.91 Å². The third-order valence-electron chi connectivity index (χ3n) is 5.60. The van der Waals surface area contributed by atoms with Gasteiger partial charge >= 0.3 is 0 Å². The van der Waals surface area contributed by atoms with E-state index in [4.69, 9.17) is 5.73 Å². The quantitative estimate of drug-likeness (QED) is 0.445. The fourth-order valence-electron chi connectivity index (χ4n) is 4.10. The van der Waals surface area contributed by atoms with Crippen molar-refractivity contribution >= 4 is 33.4 Å². The van der Waals surface area contributed by atoms with Gasteiger partial charge in [0.05, 0.1) is 11.3 Å². The summed E-state index contributed by atoms with van der Waals surface area (Å²) in [5, 5.41) is 3.13. The Morgan fingerprint density at radius 2 is 1.63 bits per heavy atom. The molecular weight excluding hydrogens is 442 g/mol. The first-order valence-corrected chi connectivity index (χ1v) is 11.0. The first-order chi connectivity index (χ1) is 14.6. The number of aromatic nitrogens is 1. The number of carbonyl (C=O) groups excluding carboxylic acids is 2. The number of halogens is 1. The largest absolute Gasteiger partial charge is 0.385 e. The average Bonchev–Trinajstić information content (AvgIpc) is 3.12. The second-order valence-electron chi connectivity index (χ2n) is 7.65. The summed E-state index contributed by atoms with van der Waals surface area (Å²) in [5.74, 6) is -0.244. The van der Waals surface area contributed by atoms with Crippen LogP contribution in [-0.2, 0) is 0 Å². The topological polar surface area (TPSA) is 88.0 Å². The van der Waals surface area contributed by atoms with Crippen LogP contribution in [0.4, 0.5) is 5.82 Å². The van der Waals surface area contributed by atoms with Crippen LogP contribution in [0.15, 0.2) is 59.1 Å². The van der Waals surface area contributed by atoms with Crippen molar-refractivity contribution in [2.24, 2.45) is 0 Å². The zero-order chi connectivity index (χ0) is 21.1. The lowest BCUT2D eigenvalue weighted by molar-refractivity contribution is 0.0929. The molecule has 3 aromatic rings. The van der Waals surface area contributed by atoms with Gasteiger partial charge in [-0.15, -0.1) is 0 Å². The predicted molar refractivity (Wildman–Crippen MR) is 123 cm³/mol. The van der Waals surface area contributed by atoms with Crippen molar-refractivity contribution in [1.29, 1.82) is 0 Å². The first-order valence-electron chi connectivity index (χ1n) is 10.2. The number of H-pyrrole nitrogens is 1. The van der Waals surface area contributed by atoms with Crippen LogP contribution >= 0.6 is 15.9 Å². The molecule has 1 saturated carbocycles. The number of carbonyl (C=O) groups is 2. The van der Waals surface area contributed by atoms with Crippen LogP contribution in [0.2, 0.25) is 0 Å². The Labute approximate surface area is 184 Å². The molecule has 6 heteroatoms. The molecule has 1 fully saturated rings. The number of nitrogens with two attached hydrogens (primary N) is 1. The number of amides is 1. The average molecular weight is 466 g/mol. The van der Waals surface area contributed by atoms with E-state index < -0.39 is 0 Å². The summed E-state index contributed by atoms with van der Waals surface area (Å²) in [4.78, 5) is 29.6. The van der Waals surface area contributed by atoms with E-state index in [-0.39, 0.29) is 23.6 Å². The third-order valence-corrected chi connectivity index (χ3v) is 6.29. The Balaban J connectivity index is 1.81. The monoisotopic (exact) mass is 465 g/mol. The number of hydrogen-bond donors (Lipinski definition) is 3. The summed E-state index contributed by atoms with van der Waals surface area (Å²) < 4.78 is 0.790. The lowest BCUT2D eigenvalue weighted by Crippen LogP contribution is -2.36. The smallest absolute Gasteiger partial charge is 0.255 e. The first kappa shape index (κ1) is 20.4. The van der Waals surface area contributed by atoms with Gasteiger partial charge in [-0.2, -0.15) is 0 Å². The number of nitrogen functional groups attached to an aromatic ring is 1. The fourth-order valence-corrected chi connectivity index (χ4v) is 4.58. The summed E-state index contributed by atoms with van der Waals surface area (Å²) >= 11 is 3.57. The number of hydrogen-bond acceptors (Lipinski definition) is 3. The van der Waals surface area contributed by atoms with Crippen molar-refractivity contribution in [2.45, 2.75) is 38.1 Å². The van der Waals surface area contributed by atoms with Crippen molar-refractivity contribution in [3.8, 4) is 11.1 Å².